The van der Waals surface area contributed by atoms with Crippen molar-refractivity contribution in [1.82, 2.24) is 24.3 Å². The lowest BCUT2D eigenvalue weighted by Crippen LogP contribution is -2.09. The molecule has 5 heterocycles. The molecule has 0 bridgehead atoms. The highest BCUT2D eigenvalue weighted by Gasteiger charge is 2.21. The number of aryl methyl sites for hydroxylation is 1. The summed E-state index contributed by atoms with van der Waals surface area (Å²) in [7, 11) is 0. The van der Waals surface area contributed by atoms with E-state index in [9.17, 15) is 13.9 Å². The van der Waals surface area contributed by atoms with Gasteiger partial charge in [0.25, 0.3) is 6.43 Å². The molecule has 0 unspecified atom stereocenters. The molecule has 0 aliphatic carbocycles. The maximum atomic E-state index is 12.4. The fourth-order valence-electron chi connectivity index (χ4n) is 3.90. The molecular formula is C22H21F2N5O3. The van der Waals surface area contributed by atoms with Crippen LogP contribution in [0.1, 0.15) is 18.0 Å². The highest BCUT2D eigenvalue weighted by atomic mass is 19.3. The van der Waals surface area contributed by atoms with Gasteiger partial charge in [0.05, 0.1) is 35.4 Å². The monoisotopic (exact) mass is 441 g/mol. The van der Waals surface area contributed by atoms with Crippen molar-refractivity contribution in [2.75, 3.05) is 19.8 Å². The van der Waals surface area contributed by atoms with Gasteiger partial charge in [-0.25, -0.2) is 13.8 Å². The molecule has 5 rings (SSSR count). The molecule has 1 saturated heterocycles. The number of hydrogen-bond donors (Lipinski definition) is 1. The van der Waals surface area contributed by atoms with E-state index in [0.29, 0.717) is 41.2 Å². The summed E-state index contributed by atoms with van der Waals surface area (Å²) >= 11 is 0. The molecule has 1 N–H and O–H groups in total. The van der Waals surface area contributed by atoms with Gasteiger partial charge in [0, 0.05) is 36.8 Å². The normalized spacial score (nSPS) is 16.3. The average molecular weight is 441 g/mol. The van der Waals surface area contributed by atoms with Crippen LogP contribution in [0.25, 0.3) is 28.0 Å². The molecule has 0 saturated carbocycles. The summed E-state index contributed by atoms with van der Waals surface area (Å²) < 4.78 is 38.8. The van der Waals surface area contributed by atoms with E-state index in [1.165, 1.54) is 6.20 Å². The number of fused-ring (bicyclic) bond motifs is 1. The summed E-state index contributed by atoms with van der Waals surface area (Å²) in [4.78, 5) is 8.73. The summed E-state index contributed by atoms with van der Waals surface area (Å²) in [6, 6.07) is 5.45. The molecule has 10 heteroatoms. The van der Waals surface area contributed by atoms with E-state index in [0.717, 1.165) is 12.0 Å². The van der Waals surface area contributed by atoms with Gasteiger partial charge < -0.3 is 14.6 Å². The topological polar surface area (TPSA) is 87.2 Å². The van der Waals surface area contributed by atoms with E-state index in [1.54, 1.807) is 23.0 Å². The van der Waals surface area contributed by atoms with Crippen LogP contribution in [0.5, 0.6) is 11.6 Å². The molecule has 0 amide bonds. The van der Waals surface area contributed by atoms with Gasteiger partial charge in [-0.3, -0.25) is 14.2 Å². The zero-order valence-corrected chi connectivity index (χ0v) is 17.3. The molecule has 166 valence electrons. The first kappa shape index (κ1) is 20.4. The molecule has 0 aromatic carbocycles. The van der Waals surface area contributed by atoms with E-state index in [1.807, 2.05) is 29.9 Å². The number of aromatic hydroxyl groups is 1. The summed E-state index contributed by atoms with van der Waals surface area (Å²) in [6.07, 6.45) is 4.91. The molecular weight excluding hydrogens is 420 g/mol. The molecule has 1 atom stereocenters. The van der Waals surface area contributed by atoms with Crippen molar-refractivity contribution in [1.29, 1.82) is 0 Å². The van der Waals surface area contributed by atoms with Crippen LogP contribution in [0, 0.1) is 6.92 Å². The first-order chi connectivity index (χ1) is 15.5. The Bertz CT molecular complexity index is 1260. The average Bonchev–Trinajstić information content (AvgIpc) is 3.52. The predicted octanol–water partition coefficient (Wildman–Crippen LogP) is 3.90. The third-order valence-electron chi connectivity index (χ3n) is 5.45. The fourth-order valence-corrected chi connectivity index (χ4v) is 3.90. The minimum absolute atomic E-state index is 0.0524. The van der Waals surface area contributed by atoms with Crippen molar-refractivity contribution in [2.45, 2.75) is 25.8 Å². The number of nitrogens with zero attached hydrogens (tertiary/aromatic N) is 5. The van der Waals surface area contributed by atoms with Crippen LogP contribution in [-0.4, -0.2) is 55.7 Å². The highest BCUT2D eigenvalue weighted by Crippen LogP contribution is 2.34. The molecule has 1 fully saturated rings. The second-order valence-electron chi connectivity index (χ2n) is 7.69. The molecule has 1 aliphatic rings. The smallest absolute Gasteiger partial charge is 0.272 e. The van der Waals surface area contributed by atoms with Crippen molar-refractivity contribution < 1.29 is 23.4 Å². The van der Waals surface area contributed by atoms with Crippen LogP contribution >= 0.6 is 0 Å². The lowest BCUT2D eigenvalue weighted by Gasteiger charge is -2.08. The Balaban J connectivity index is 1.50. The van der Waals surface area contributed by atoms with E-state index >= 15 is 0 Å². The maximum absolute atomic E-state index is 12.4. The third-order valence-corrected chi connectivity index (χ3v) is 5.45. The van der Waals surface area contributed by atoms with E-state index in [4.69, 9.17) is 9.47 Å². The lowest BCUT2D eigenvalue weighted by molar-refractivity contribution is 0.0817. The van der Waals surface area contributed by atoms with Gasteiger partial charge in [0.15, 0.2) is 5.82 Å². The Morgan fingerprint density at radius 1 is 1.31 bits per heavy atom. The second-order valence-corrected chi connectivity index (χ2v) is 7.69. The molecule has 32 heavy (non-hydrogen) atoms. The van der Waals surface area contributed by atoms with Crippen LogP contribution in [0.3, 0.4) is 0 Å². The SMILES string of the molecule is Cc1cc(-c2cncc(OCC(F)F)c2)nc2cn(-c3ccn([C@H]4CCOC4)n3)c(O)c12. The molecule has 4 aromatic heterocycles. The van der Waals surface area contributed by atoms with Gasteiger partial charge in [-0.1, -0.05) is 0 Å². The van der Waals surface area contributed by atoms with Crippen LogP contribution in [0.2, 0.25) is 0 Å². The highest BCUT2D eigenvalue weighted by molar-refractivity contribution is 5.90. The number of aromatic nitrogens is 5. The van der Waals surface area contributed by atoms with E-state index < -0.39 is 13.0 Å². The van der Waals surface area contributed by atoms with Crippen LogP contribution < -0.4 is 4.74 Å². The van der Waals surface area contributed by atoms with Gasteiger partial charge in [0.2, 0.25) is 5.88 Å². The lowest BCUT2D eigenvalue weighted by atomic mass is 10.1. The number of hydrogen-bond acceptors (Lipinski definition) is 6. The second kappa shape index (κ2) is 8.19. The van der Waals surface area contributed by atoms with Gasteiger partial charge in [0.1, 0.15) is 12.4 Å². The number of pyridine rings is 2. The summed E-state index contributed by atoms with van der Waals surface area (Å²) in [5, 5.41) is 16.1. The van der Waals surface area contributed by atoms with Gasteiger partial charge in [-0.05, 0) is 31.0 Å². The van der Waals surface area contributed by atoms with E-state index in [2.05, 4.69) is 15.1 Å². The zero-order valence-electron chi connectivity index (χ0n) is 17.3. The number of ether oxygens (including phenoxy) is 2. The van der Waals surface area contributed by atoms with Gasteiger partial charge in [-0.2, -0.15) is 5.10 Å². The first-order valence-corrected chi connectivity index (χ1v) is 10.2. The van der Waals surface area contributed by atoms with Crippen molar-refractivity contribution in [2.24, 2.45) is 0 Å². The Morgan fingerprint density at radius 2 is 2.19 bits per heavy atom. The van der Waals surface area contributed by atoms with Crippen LogP contribution in [0.15, 0.2) is 43.0 Å². The molecule has 0 radical (unpaired) electrons. The van der Waals surface area contributed by atoms with E-state index in [-0.39, 0.29) is 17.7 Å². The molecule has 0 spiro atoms. The standard InChI is InChI=1S/C22H21F2N5O3/c1-13-6-17(14-7-16(9-25-8-14)32-12-19(23)24)26-18-10-28(22(30)21(13)18)20-2-4-29(27-20)15-3-5-31-11-15/h2,4,6-10,15,19,30H,3,5,11-12H2,1H3/t15-/m0/s1. The Kier molecular flexibility index (Phi) is 5.22. The number of halogens is 2. The quantitative estimate of drug-likeness (QED) is 0.488. The van der Waals surface area contributed by atoms with Crippen LogP contribution in [0.4, 0.5) is 8.78 Å². The van der Waals surface area contributed by atoms with Crippen molar-refractivity contribution in [3.63, 3.8) is 0 Å². The van der Waals surface area contributed by atoms with Crippen molar-refractivity contribution >= 4 is 10.9 Å². The minimum Gasteiger partial charge on any atom is -0.494 e. The molecule has 1 aliphatic heterocycles. The minimum atomic E-state index is -2.57. The fraction of sp³-hybridized carbons (Fsp3) is 0.318. The number of rotatable bonds is 6. The predicted molar refractivity (Wildman–Crippen MR) is 112 cm³/mol. The first-order valence-electron chi connectivity index (χ1n) is 10.2. The summed E-state index contributed by atoms with van der Waals surface area (Å²) in [5.74, 6) is 0.873. The molecule has 4 aromatic rings. The van der Waals surface area contributed by atoms with Gasteiger partial charge >= 0.3 is 0 Å². The van der Waals surface area contributed by atoms with Crippen molar-refractivity contribution in [3.05, 3.63) is 48.5 Å². The Labute approximate surface area is 182 Å². The molecule has 8 nitrogen and oxygen atoms in total. The summed E-state index contributed by atoms with van der Waals surface area (Å²) in [5.41, 5.74) is 2.61. The van der Waals surface area contributed by atoms with Gasteiger partial charge in [-0.15, -0.1) is 0 Å². The van der Waals surface area contributed by atoms with Crippen molar-refractivity contribution in [3.8, 4) is 28.7 Å². The zero-order chi connectivity index (χ0) is 22.2. The summed E-state index contributed by atoms with van der Waals surface area (Å²) in [6.45, 7) is 2.51. The number of alkyl halides is 2. The largest absolute Gasteiger partial charge is 0.494 e. The maximum Gasteiger partial charge on any atom is 0.272 e. The Morgan fingerprint density at radius 3 is 2.97 bits per heavy atom. The third kappa shape index (κ3) is 3.77. The van der Waals surface area contributed by atoms with Crippen LogP contribution in [-0.2, 0) is 4.74 Å². The Hall–Kier alpha value is -3.53.